The fraction of sp³-hybridized carbons (Fsp3) is 0.200. The highest BCUT2D eigenvalue weighted by Crippen LogP contribution is 2.20. The lowest BCUT2D eigenvalue weighted by Crippen LogP contribution is -1.97. The third-order valence-corrected chi connectivity index (χ3v) is 2.75. The van der Waals surface area contributed by atoms with Crippen LogP contribution < -0.4 is 4.74 Å². The Morgan fingerprint density at radius 2 is 2.20 bits per heavy atom. The van der Waals surface area contributed by atoms with E-state index in [9.17, 15) is 0 Å². The Kier molecular flexibility index (Phi) is 3.20. The maximum Gasteiger partial charge on any atom is 0.134 e. The van der Waals surface area contributed by atoms with E-state index in [1.165, 1.54) is 0 Å². The summed E-state index contributed by atoms with van der Waals surface area (Å²) >= 11 is 2.24. The van der Waals surface area contributed by atoms with Crippen molar-refractivity contribution >= 4 is 22.6 Å². The van der Waals surface area contributed by atoms with Crippen LogP contribution in [0.2, 0.25) is 0 Å². The molecule has 1 heterocycles. The average Bonchev–Trinajstić information content (AvgIpc) is 2.63. The summed E-state index contributed by atoms with van der Waals surface area (Å²) in [4.78, 5) is 0. The number of ether oxygens (including phenoxy) is 1. The van der Waals surface area contributed by atoms with E-state index in [0.29, 0.717) is 6.61 Å². The van der Waals surface area contributed by atoms with Crippen LogP contribution >= 0.6 is 22.6 Å². The SMILES string of the molecule is Cn1cc(COc2ccccc2I)nn1. The first-order valence-corrected chi connectivity index (χ1v) is 5.56. The van der Waals surface area contributed by atoms with Crippen molar-refractivity contribution in [2.24, 2.45) is 7.05 Å². The van der Waals surface area contributed by atoms with Crippen molar-refractivity contribution in [1.82, 2.24) is 15.0 Å². The van der Waals surface area contributed by atoms with E-state index in [2.05, 4.69) is 32.9 Å². The van der Waals surface area contributed by atoms with Gasteiger partial charge in [-0.25, -0.2) is 0 Å². The summed E-state index contributed by atoms with van der Waals surface area (Å²) in [6, 6.07) is 7.88. The number of hydrogen-bond acceptors (Lipinski definition) is 3. The van der Waals surface area contributed by atoms with E-state index in [1.807, 2.05) is 37.5 Å². The normalized spacial score (nSPS) is 10.3. The predicted octanol–water partition coefficient (Wildman–Crippen LogP) is 2.00. The van der Waals surface area contributed by atoms with Crippen LogP contribution in [0.25, 0.3) is 0 Å². The summed E-state index contributed by atoms with van der Waals surface area (Å²) in [5.74, 6) is 0.878. The summed E-state index contributed by atoms with van der Waals surface area (Å²) in [6.07, 6.45) is 1.84. The second kappa shape index (κ2) is 4.61. The van der Waals surface area contributed by atoms with E-state index in [4.69, 9.17) is 4.74 Å². The summed E-state index contributed by atoms with van der Waals surface area (Å²) in [5.41, 5.74) is 0.831. The largest absolute Gasteiger partial charge is 0.486 e. The number of halogens is 1. The fourth-order valence-electron chi connectivity index (χ4n) is 1.17. The van der Waals surface area contributed by atoms with Crippen LogP contribution in [0.4, 0.5) is 0 Å². The maximum absolute atomic E-state index is 5.61. The van der Waals surface area contributed by atoms with Crippen LogP contribution in [-0.2, 0) is 13.7 Å². The molecule has 78 valence electrons. The van der Waals surface area contributed by atoms with E-state index >= 15 is 0 Å². The monoisotopic (exact) mass is 315 g/mol. The smallest absolute Gasteiger partial charge is 0.134 e. The molecule has 0 saturated carbocycles. The van der Waals surface area contributed by atoms with Gasteiger partial charge in [-0.15, -0.1) is 5.10 Å². The van der Waals surface area contributed by atoms with Gasteiger partial charge in [-0.3, -0.25) is 4.68 Å². The molecule has 0 radical (unpaired) electrons. The van der Waals surface area contributed by atoms with Crippen LogP contribution in [-0.4, -0.2) is 15.0 Å². The van der Waals surface area contributed by atoms with Gasteiger partial charge in [0.05, 0.1) is 9.77 Å². The topological polar surface area (TPSA) is 39.9 Å². The Morgan fingerprint density at radius 1 is 1.40 bits per heavy atom. The number of aromatic nitrogens is 3. The molecule has 0 aliphatic heterocycles. The minimum absolute atomic E-state index is 0.452. The van der Waals surface area contributed by atoms with Gasteiger partial charge in [0, 0.05) is 7.05 Å². The molecule has 0 fully saturated rings. The molecule has 0 atom stereocenters. The number of hydrogen-bond donors (Lipinski definition) is 0. The minimum atomic E-state index is 0.452. The van der Waals surface area contributed by atoms with Crippen molar-refractivity contribution in [1.29, 1.82) is 0 Å². The third-order valence-electron chi connectivity index (χ3n) is 1.86. The molecule has 4 nitrogen and oxygen atoms in total. The number of aryl methyl sites for hydroxylation is 1. The van der Waals surface area contributed by atoms with Crippen LogP contribution in [0.1, 0.15) is 5.69 Å². The molecule has 2 aromatic rings. The molecule has 0 spiro atoms. The van der Waals surface area contributed by atoms with Crippen LogP contribution in [0.15, 0.2) is 30.5 Å². The van der Waals surface area contributed by atoms with Crippen molar-refractivity contribution in [3.05, 3.63) is 39.7 Å². The number of benzene rings is 1. The van der Waals surface area contributed by atoms with Crippen molar-refractivity contribution in [3.8, 4) is 5.75 Å². The zero-order chi connectivity index (χ0) is 10.7. The Morgan fingerprint density at radius 3 is 2.87 bits per heavy atom. The quantitative estimate of drug-likeness (QED) is 0.814. The van der Waals surface area contributed by atoms with Gasteiger partial charge in [0.25, 0.3) is 0 Å². The number of nitrogens with zero attached hydrogens (tertiary/aromatic N) is 3. The highest BCUT2D eigenvalue weighted by Gasteiger charge is 2.02. The van der Waals surface area contributed by atoms with Crippen LogP contribution in [0.3, 0.4) is 0 Å². The number of para-hydroxylation sites is 1. The average molecular weight is 315 g/mol. The lowest BCUT2D eigenvalue weighted by atomic mass is 10.3. The van der Waals surface area contributed by atoms with Gasteiger partial charge in [0.1, 0.15) is 18.1 Å². The summed E-state index contributed by atoms with van der Waals surface area (Å²) < 4.78 is 8.37. The summed E-state index contributed by atoms with van der Waals surface area (Å²) in [7, 11) is 1.84. The fourth-order valence-corrected chi connectivity index (χ4v) is 1.72. The lowest BCUT2D eigenvalue weighted by molar-refractivity contribution is 0.299. The van der Waals surface area contributed by atoms with Gasteiger partial charge < -0.3 is 4.74 Å². The molecule has 0 bridgehead atoms. The molecule has 0 aliphatic rings. The first-order valence-electron chi connectivity index (χ1n) is 4.48. The van der Waals surface area contributed by atoms with E-state index < -0.39 is 0 Å². The molecule has 2 rings (SSSR count). The molecular weight excluding hydrogens is 305 g/mol. The molecule has 0 amide bonds. The zero-order valence-electron chi connectivity index (χ0n) is 8.22. The van der Waals surface area contributed by atoms with Gasteiger partial charge >= 0.3 is 0 Å². The van der Waals surface area contributed by atoms with Crippen molar-refractivity contribution in [2.75, 3.05) is 0 Å². The van der Waals surface area contributed by atoms with Gasteiger partial charge in [0.15, 0.2) is 0 Å². The molecule has 0 unspecified atom stereocenters. The second-order valence-corrected chi connectivity index (χ2v) is 4.26. The number of rotatable bonds is 3. The standard InChI is InChI=1S/C10H10IN3O/c1-14-6-8(12-13-14)7-15-10-5-3-2-4-9(10)11/h2-6H,7H2,1H3. The van der Waals surface area contributed by atoms with Crippen LogP contribution in [0, 0.1) is 3.57 Å². The first kappa shape index (κ1) is 10.4. The van der Waals surface area contributed by atoms with Gasteiger partial charge in [-0.05, 0) is 34.7 Å². The molecule has 1 aromatic carbocycles. The Balaban J connectivity index is 2.02. The van der Waals surface area contributed by atoms with E-state index in [-0.39, 0.29) is 0 Å². The van der Waals surface area contributed by atoms with Crippen molar-refractivity contribution in [3.63, 3.8) is 0 Å². The summed E-state index contributed by atoms with van der Waals surface area (Å²) in [6.45, 7) is 0.452. The third kappa shape index (κ3) is 2.68. The van der Waals surface area contributed by atoms with Gasteiger partial charge in [-0.2, -0.15) is 0 Å². The Hall–Kier alpha value is -1.11. The molecule has 0 N–H and O–H groups in total. The maximum atomic E-state index is 5.61. The highest BCUT2D eigenvalue weighted by atomic mass is 127. The van der Waals surface area contributed by atoms with Crippen molar-refractivity contribution < 1.29 is 4.74 Å². The first-order chi connectivity index (χ1) is 7.25. The predicted molar refractivity (Wildman–Crippen MR) is 64.5 cm³/mol. The van der Waals surface area contributed by atoms with Crippen molar-refractivity contribution in [2.45, 2.75) is 6.61 Å². The van der Waals surface area contributed by atoms with E-state index in [0.717, 1.165) is 15.0 Å². The van der Waals surface area contributed by atoms with Gasteiger partial charge in [0.2, 0.25) is 0 Å². The molecule has 0 aliphatic carbocycles. The molecule has 5 heteroatoms. The van der Waals surface area contributed by atoms with Crippen LogP contribution in [0.5, 0.6) is 5.75 Å². The van der Waals surface area contributed by atoms with E-state index in [1.54, 1.807) is 4.68 Å². The van der Waals surface area contributed by atoms with Gasteiger partial charge in [-0.1, -0.05) is 17.3 Å². The zero-order valence-corrected chi connectivity index (χ0v) is 10.4. The minimum Gasteiger partial charge on any atom is -0.486 e. The lowest BCUT2D eigenvalue weighted by Gasteiger charge is -2.05. The Labute approximate surface area is 101 Å². The highest BCUT2D eigenvalue weighted by molar-refractivity contribution is 14.1. The molecule has 0 saturated heterocycles. The Bertz CT molecular complexity index is 455. The molecular formula is C10H10IN3O. The molecule has 15 heavy (non-hydrogen) atoms. The summed E-state index contributed by atoms with van der Waals surface area (Å²) in [5, 5.41) is 7.78. The molecule has 1 aromatic heterocycles. The second-order valence-electron chi connectivity index (χ2n) is 3.10.